The van der Waals surface area contributed by atoms with Gasteiger partial charge in [-0.25, -0.2) is 13.9 Å². The maximum atomic E-state index is 13.2. The van der Waals surface area contributed by atoms with Crippen molar-refractivity contribution in [2.24, 2.45) is 4.99 Å². The lowest BCUT2D eigenvalue weighted by atomic mass is 10.1. The molecule has 1 aromatic heterocycles. The first-order valence-corrected chi connectivity index (χ1v) is 10.2. The van der Waals surface area contributed by atoms with E-state index < -0.39 is 6.04 Å². The van der Waals surface area contributed by atoms with Crippen LogP contribution in [0.3, 0.4) is 0 Å². The molecule has 0 N–H and O–H groups in total. The number of nitrogens with zero attached hydrogens (tertiary/aromatic N) is 5. The van der Waals surface area contributed by atoms with Gasteiger partial charge in [-0.05, 0) is 26.7 Å². The minimum absolute atomic E-state index is 0.148. The summed E-state index contributed by atoms with van der Waals surface area (Å²) in [5.41, 5.74) is 2.20. The van der Waals surface area contributed by atoms with Crippen molar-refractivity contribution >= 4 is 23.7 Å². The van der Waals surface area contributed by atoms with E-state index in [1.54, 1.807) is 11.9 Å². The zero-order chi connectivity index (χ0) is 19.7. The molecule has 7 heteroatoms. The third-order valence-electron chi connectivity index (χ3n) is 5.80. The fourth-order valence-electron chi connectivity index (χ4n) is 4.02. The van der Waals surface area contributed by atoms with E-state index in [4.69, 9.17) is 4.99 Å². The Bertz CT molecular complexity index is 780. The Labute approximate surface area is 161 Å². The fourth-order valence-corrected chi connectivity index (χ4v) is 4.02. The van der Waals surface area contributed by atoms with Gasteiger partial charge in [0.15, 0.2) is 0 Å². The molecule has 3 rings (SSSR count). The van der Waals surface area contributed by atoms with Crippen molar-refractivity contribution < 1.29 is 14.2 Å². The molecule has 1 unspecified atom stereocenters. The summed E-state index contributed by atoms with van der Waals surface area (Å²) in [5.74, 6) is 1.20. The molecule has 27 heavy (non-hydrogen) atoms. The smallest absolute Gasteiger partial charge is 0.270 e. The van der Waals surface area contributed by atoms with Gasteiger partial charge >= 0.3 is 12.0 Å². The predicted octanol–water partition coefficient (Wildman–Crippen LogP) is 3.25. The Morgan fingerprint density at radius 1 is 1.04 bits per heavy atom. The van der Waals surface area contributed by atoms with Crippen LogP contribution in [0.1, 0.15) is 69.8 Å². The Morgan fingerprint density at radius 2 is 1.70 bits per heavy atom. The summed E-state index contributed by atoms with van der Waals surface area (Å²) in [5, 5.41) is 0. The molecule has 0 bridgehead atoms. The minimum Gasteiger partial charge on any atom is -0.270 e. The topological polar surface area (TPSA) is 61.8 Å². The van der Waals surface area contributed by atoms with Crippen LogP contribution in [0.2, 0.25) is 0 Å². The highest BCUT2D eigenvalue weighted by Crippen LogP contribution is 2.35. The first kappa shape index (κ1) is 19.6. The van der Waals surface area contributed by atoms with Crippen LogP contribution in [0.5, 0.6) is 0 Å². The highest BCUT2D eigenvalue weighted by Gasteiger charge is 2.53. The minimum atomic E-state index is -0.518. The molecule has 1 fully saturated rings. The summed E-state index contributed by atoms with van der Waals surface area (Å²) >= 11 is 0. The van der Waals surface area contributed by atoms with Gasteiger partial charge < -0.3 is 0 Å². The molecule has 0 aliphatic carbocycles. The number of hydrogen-bond acceptors (Lipinski definition) is 3. The van der Waals surface area contributed by atoms with E-state index in [0.717, 1.165) is 56.0 Å². The second-order valence-electron chi connectivity index (χ2n) is 7.61. The van der Waals surface area contributed by atoms with E-state index in [0.29, 0.717) is 12.4 Å². The van der Waals surface area contributed by atoms with Crippen LogP contribution in [0.15, 0.2) is 4.99 Å². The highest BCUT2D eigenvalue weighted by molar-refractivity contribution is 6.20. The first-order chi connectivity index (χ1) is 12.9. The van der Waals surface area contributed by atoms with Crippen molar-refractivity contribution in [3.05, 3.63) is 11.4 Å². The van der Waals surface area contributed by atoms with Gasteiger partial charge in [-0.2, -0.15) is 0 Å². The first-order valence-electron chi connectivity index (χ1n) is 10.2. The van der Waals surface area contributed by atoms with Crippen LogP contribution < -0.4 is 4.57 Å². The summed E-state index contributed by atoms with van der Waals surface area (Å²) in [6.45, 7) is 9.79. The van der Waals surface area contributed by atoms with Gasteiger partial charge in [0.2, 0.25) is 11.9 Å². The Morgan fingerprint density at radius 3 is 2.37 bits per heavy atom. The molecule has 1 aromatic rings. The lowest BCUT2D eigenvalue weighted by Gasteiger charge is -2.33. The molecular formula is C20H32N5O2+. The number of carbonyl (C=O) groups excluding carboxylic acids is 2. The molecule has 1 atom stereocenters. The number of likely N-dealkylation sites (N-methyl/N-ethyl adjacent to an activating group) is 1. The van der Waals surface area contributed by atoms with E-state index in [1.165, 1.54) is 11.3 Å². The average molecular weight is 375 g/mol. The molecular weight excluding hydrogens is 342 g/mol. The number of unbranched alkanes of at least 4 members (excludes halogenated alkanes) is 4. The molecule has 2 aliphatic heterocycles. The molecule has 0 saturated carbocycles. The largest absolute Gasteiger partial charge is 0.402 e. The number of imide groups is 1. The van der Waals surface area contributed by atoms with Gasteiger partial charge in [0.25, 0.3) is 5.91 Å². The highest BCUT2D eigenvalue weighted by atomic mass is 16.2. The lowest BCUT2D eigenvalue weighted by Crippen LogP contribution is -2.57. The van der Waals surface area contributed by atoms with E-state index in [1.807, 2.05) is 11.5 Å². The standard InChI is InChI=1S/C20H32N5O2/c1-6-8-10-12-23-14(3)15(4)25-16-17(21-19(23)25)22(5)20(27)24(18(16)26)13-11-9-7-2/h16H,6-13H2,1-5H3/q+1. The van der Waals surface area contributed by atoms with E-state index in [2.05, 4.69) is 25.3 Å². The maximum Gasteiger partial charge on any atom is 0.402 e. The summed E-state index contributed by atoms with van der Waals surface area (Å²) in [7, 11) is 1.73. The van der Waals surface area contributed by atoms with Crippen molar-refractivity contribution in [1.82, 2.24) is 14.4 Å². The number of aliphatic imine (C=N–C) groups is 1. The number of amides is 3. The number of amidine groups is 1. The van der Waals surface area contributed by atoms with E-state index >= 15 is 0 Å². The third-order valence-corrected chi connectivity index (χ3v) is 5.80. The monoisotopic (exact) mass is 374 g/mol. The molecule has 0 spiro atoms. The number of carbonyl (C=O) groups is 2. The van der Waals surface area contributed by atoms with E-state index in [-0.39, 0.29) is 11.9 Å². The van der Waals surface area contributed by atoms with E-state index in [9.17, 15) is 9.59 Å². The molecule has 1 saturated heterocycles. The third kappa shape index (κ3) is 3.17. The average Bonchev–Trinajstić information content (AvgIpc) is 3.14. The number of fused-ring (bicyclic) bond motifs is 3. The van der Waals surface area contributed by atoms with Gasteiger partial charge in [0.05, 0.1) is 6.54 Å². The quantitative estimate of drug-likeness (QED) is 0.518. The van der Waals surface area contributed by atoms with Gasteiger partial charge in [-0.15, -0.1) is 0 Å². The molecule has 3 amide bonds. The van der Waals surface area contributed by atoms with Crippen LogP contribution in [0.25, 0.3) is 0 Å². The van der Waals surface area contributed by atoms with Crippen LogP contribution in [0.4, 0.5) is 10.7 Å². The van der Waals surface area contributed by atoms with Crippen LogP contribution in [-0.4, -0.2) is 45.7 Å². The molecule has 0 aromatic carbocycles. The van der Waals surface area contributed by atoms with Crippen LogP contribution in [0, 0.1) is 13.8 Å². The van der Waals surface area contributed by atoms with Gasteiger partial charge in [0.1, 0.15) is 11.4 Å². The number of urea groups is 1. The van der Waals surface area contributed by atoms with Gasteiger partial charge in [0, 0.05) is 13.6 Å². The predicted molar refractivity (Wildman–Crippen MR) is 104 cm³/mol. The fraction of sp³-hybridized carbons (Fsp3) is 0.700. The van der Waals surface area contributed by atoms with Crippen molar-refractivity contribution in [2.75, 3.05) is 13.6 Å². The second-order valence-corrected chi connectivity index (χ2v) is 7.61. The molecule has 7 nitrogen and oxygen atoms in total. The van der Waals surface area contributed by atoms with Crippen molar-refractivity contribution in [1.29, 1.82) is 0 Å². The molecule has 2 aliphatic rings. The van der Waals surface area contributed by atoms with Gasteiger partial charge in [-0.3, -0.25) is 14.6 Å². The molecule has 148 valence electrons. The van der Waals surface area contributed by atoms with Crippen molar-refractivity contribution in [2.45, 2.75) is 78.8 Å². The van der Waals surface area contributed by atoms with Crippen molar-refractivity contribution in [3.8, 4) is 0 Å². The molecule has 0 radical (unpaired) electrons. The zero-order valence-electron chi connectivity index (χ0n) is 17.3. The number of hydrogen-bond donors (Lipinski definition) is 0. The normalized spacial score (nSPS) is 18.9. The summed E-state index contributed by atoms with van der Waals surface area (Å²) in [4.78, 5) is 33.7. The Hall–Kier alpha value is -2.18. The SMILES string of the molecule is CCCCCN1C(=O)C2C(=Nc3n2c(C)c(C)[n+]3CCCCC)N(C)C1=O. The number of aromatic nitrogens is 2. The summed E-state index contributed by atoms with van der Waals surface area (Å²) < 4.78 is 4.22. The summed E-state index contributed by atoms with van der Waals surface area (Å²) in [6, 6.07) is -0.779. The van der Waals surface area contributed by atoms with Crippen molar-refractivity contribution in [3.63, 3.8) is 0 Å². The van der Waals surface area contributed by atoms with Crippen LogP contribution >= 0.6 is 0 Å². The number of rotatable bonds is 8. The summed E-state index contributed by atoms with van der Waals surface area (Å²) in [6.07, 6.45) is 6.32. The maximum absolute atomic E-state index is 13.2. The Kier molecular flexibility index (Phi) is 5.67. The Balaban J connectivity index is 1.96. The zero-order valence-corrected chi connectivity index (χ0v) is 17.3. The number of imidazole rings is 1. The lowest BCUT2D eigenvalue weighted by molar-refractivity contribution is -0.689. The second kappa shape index (κ2) is 7.82. The van der Waals surface area contributed by atoms with Crippen LogP contribution in [-0.2, 0) is 11.3 Å². The van der Waals surface area contributed by atoms with Gasteiger partial charge in [-0.1, -0.05) is 44.5 Å². The molecule has 3 heterocycles.